The van der Waals surface area contributed by atoms with Gasteiger partial charge in [0.25, 0.3) is 0 Å². The molecule has 1 heteroatoms. The van der Waals surface area contributed by atoms with Gasteiger partial charge in [-0.25, -0.2) is 0 Å². The van der Waals surface area contributed by atoms with E-state index in [1.807, 2.05) is 0 Å². The first-order valence-electron chi connectivity index (χ1n) is 5.65. The standard InChI is InChI=1S/C12H13N/c1-4(2)12-8-5-9(12)7-10(12)6(8)11(5,7)3-13/h4-10H,1-2H3. The highest BCUT2D eigenvalue weighted by Crippen LogP contribution is 3.11. The summed E-state index contributed by atoms with van der Waals surface area (Å²) >= 11 is 0. The summed E-state index contributed by atoms with van der Waals surface area (Å²) in [5.41, 5.74) is 1.06. The molecule has 0 atom stereocenters. The average molecular weight is 171 g/mol. The van der Waals surface area contributed by atoms with Crippen molar-refractivity contribution in [1.82, 2.24) is 0 Å². The summed E-state index contributed by atoms with van der Waals surface area (Å²) in [7, 11) is 0. The monoisotopic (exact) mass is 171 g/mol. The normalized spacial score (nSPS) is 82.3. The third kappa shape index (κ3) is 0.221. The number of nitriles is 1. The Kier molecular flexibility index (Phi) is 0.526. The Bertz CT molecular complexity index is 346. The molecule has 6 aliphatic rings. The third-order valence-corrected chi connectivity index (χ3v) is 6.90. The molecule has 0 N–H and O–H groups in total. The van der Waals surface area contributed by atoms with Gasteiger partial charge < -0.3 is 0 Å². The van der Waals surface area contributed by atoms with Crippen molar-refractivity contribution in [3.05, 3.63) is 0 Å². The van der Waals surface area contributed by atoms with Crippen LogP contribution in [-0.2, 0) is 0 Å². The van der Waals surface area contributed by atoms with E-state index in [1.165, 1.54) is 0 Å². The van der Waals surface area contributed by atoms with Crippen molar-refractivity contribution in [3.8, 4) is 6.07 Å². The fourth-order valence-electron chi connectivity index (χ4n) is 6.99. The molecule has 6 fully saturated rings. The van der Waals surface area contributed by atoms with Gasteiger partial charge in [-0.1, -0.05) is 13.8 Å². The molecule has 0 saturated heterocycles. The molecule has 0 aromatic heterocycles. The van der Waals surface area contributed by atoms with Crippen LogP contribution in [0, 0.1) is 63.6 Å². The van der Waals surface area contributed by atoms with Crippen LogP contribution in [0.15, 0.2) is 0 Å². The first kappa shape index (κ1) is 6.06. The van der Waals surface area contributed by atoms with Crippen LogP contribution < -0.4 is 0 Å². The SMILES string of the molecule is CC(C)C12C3C4C1C1C2C3C41C#N. The Labute approximate surface area is 78.1 Å². The number of rotatable bonds is 1. The van der Waals surface area contributed by atoms with Gasteiger partial charge in [-0.15, -0.1) is 0 Å². The summed E-state index contributed by atoms with van der Waals surface area (Å²) in [6, 6.07) is 2.65. The van der Waals surface area contributed by atoms with Crippen LogP contribution in [0.25, 0.3) is 0 Å². The third-order valence-electron chi connectivity index (χ3n) is 6.90. The maximum Gasteiger partial charge on any atom is 0.0699 e. The van der Waals surface area contributed by atoms with Gasteiger partial charge in [-0.3, -0.25) is 0 Å². The Morgan fingerprint density at radius 2 is 1.46 bits per heavy atom. The molecule has 13 heavy (non-hydrogen) atoms. The Morgan fingerprint density at radius 1 is 1.00 bits per heavy atom. The number of nitrogens with zero attached hydrogens (tertiary/aromatic N) is 1. The molecule has 6 aliphatic carbocycles. The van der Waals surface area contributed by atoms with Crippen LogP contribution in [0.1, 0.15) is 13.8 Å². The molecular weight excluding hydrogens is 158 g/mol. The van der Waals surface area contributed by atoms with Gasteiger partial charge in [0.2, 0.25) is 0 Å². The number of hydrogen-bond donors (Lipinski definition) is 0. The lowest BCUT2D eigenvalue weighted by atomic mass is 8.91. The van der Waals surface area contributed by atoms with Crippen molar-refractivity contribution in [3.63, 3.8) is 0 Å². The van der Waals surface area contributed by atoms with Gasteiger partial charge in [0.1, 0.15) is 0 Å². The van der Waals surface area contributed by atoms with E-state index in [0.717, 1.165) is 46.8 Å². The average Bonchev–Trinajstić information content (AvgIpc) is 2.16. The fourth-order valence-corrected chi connectivity index (χ4v) is 6.99. The second-order valence-electron chi connectivity index (χ2n) is 6.35. The first-order chi connectivity index (χ1) is 6.24. The van der Waals surface area contributed by atoms with E-state index >= 15 is 0 Å². The molecule has 0 radical (unpaired) electrons. The van der Waals surface area contributed by atoms with Crippen molar-refractivity contribution in [2.75, 3.05) is 0 Å². The Hall–Kier alpha value is -0.510. The Balaban J connectivity index is 1.68. The fraction of sp³-hybridized carbons (Fsp3) is 0.917. The largest absolute Gasteiger partial charge is 0.198 e. The summed E-state index contributed by atoms with van der Waals surface area (Å²) in [5.74, 6) is 6.62. The first-order valence-corrected chi connectivity index (χ1v) is 5.65. The van der Waals surface area contributed by atoms with E-state index in [-0.39, 0.29) is 5.41 Å². The maximum atomic E-state index is 9.19. The van der Waals surface area contributed by atoms with Crippen molar-refractivity contribution < 1.29 is 0 Å². The van der Waals surface area contributed by atoms with Crippen molar-refractivity contribution in [2.45, 2.75) is 13.8 Å². The van der Waals surface area contributed by atoms with Gasteiger partial charge in [-0.2, -0.15) is 5.26 Å². The van der Waals surface area contributed by atoms with E-state index in [4.69, 9.17) is 0 Å². The zero-order chi connectivity index (χ0) is 8.75. The number of hydrogen-bond acceptors (Lipinski definition) is 1. The summed E-state index contributed by atoms with van der Waals surface area (Å²) in [5, 5.41) is 9.19. The molecule has 0 bridgehead atoms. The molecule has 0 aromatic rings. The molecule has 66 valence electrons. The molecule has 0 unspecified atom stereocenters. The topological polar surface area (TPSA) is 23.8 Å². The zero-order valence-electron chi connectivity index (χ0n) is 7.99. The van der Waals surface area contributed by atoms with Crippen molar-refractivity contribution >= 4 is 0 Å². The minimum atomic E-state index is 0.274. The van der Waals surface area contributed by atoms with Gasteiger partial charge in [0.15, 0.2) is 0 Å². The predicted molar refractivity (Wildman–Crippen MR) is 46.3 cm³/mol. The van der Waals surface area contributed by atoms with E-state index in [9.17, 15) is 5.26 Å². The second-order valence-corrected chi connectivity index (χ2v) is 6.35. The second kappa shape index (κ2) is 1.13. The molecular formula is C12H13N. The predicted octanol–water partition coefficient (Wildman–Crippen LogP) is 1.90. The lowest BCUT2D eigenvalue weighted by Crippen LogP contribution is -3.10. The van der Waals surface area contributed by atoms with Gasteiger partial charge >= 0.3 is 0 Å². The van der Waals surface area contributed by atoms with Crippen LogP contribution in [0.5, 0.6) is 0 Å². The molecule has 1 nitrogen and oxygen atoms in total. The minimum Gasteiger partial charge on any atom is -0.198 e. The van der Waals surface area contributed by atoms with Gasteiger partial charge in [0, 0.05) is 0 Å². The maximum absolute atomic E-state index is 9.19. The van der Waals surface area contributed by atoms with Crippen LogP contribution in [0.4, 0.5) is 0 Å². The lowest BCUT2D eigenvalue weighted by molar-refractivity contribution is -0.650. The summed E-state index contributed by atoms with van der Waals surface area (Å²) < 4.78 is 0. The van der Waals surface area contributed by atoms with E-state index in [2.05, 4.69) is 19.9 Å². The highest BCUT2D eigenvalue weighted by atomic mass is 15.1. The molecule has 0 amide bonds. The summed E-state index contributed by atoms with van der Waals surface area (Å²) in [6.07, 6.45) is 0. The van der Waals surface area contributed by atoms with E-state index in [1.54, 1.807) is 0 Å². The van der Waals surface area contributed by atoms with Crippen LogP contribution >= 0.6 is 0 Å². The molecule has 6 saturated carbocycles. The van der Waals surface area contributed by atoms with Crippen LogP contribution in [0.2, 0.25) is 0 Å². The zero-order valence-corrected chi connectivity index (χ0v) is 7.99. The lowest BCUT2D eigenvalue weighted by Gasteiger charge is -3.11. The van der Waals surface area contributed by atoms with Crippen LogP contribution in [-0.4, -0.2) is 0 Å². The highest BCUT2D eigenvalue weighted by Gasteiger charge is 3.10. The molecule has 6 rings (SSSR count). The minimum absolute atomic E-state index is 0.274. The molecule has 0 spiro atoms. The quantitative estimate of drug-likeness (QED) is 0.591. The van der Waals surface area contributed by atoms with E-state index < -0.39 is 0 Å². The Morgan fingerprint density at radius 3 is 1.77 bits per heavy atom. The molecule has 0 aliphatic heterocycles. The van der Waals surface area contributed by atoms with E-state index in [0.29, 0.717) is 0 Å². The summed E-state index contributed by atoms with van der Waals surface area (Å²) in [6.45, 7) is 4.81. The highest BCUT2D eigenvalue weighted by molar-refractivity contribution is 5.58. The summed E-state index contributed by atoms with van der Waals surface area (Å²) in [4.78, 5) is 0. The van der Waals surface area contributed by atoms with Crippen LogP contribution in [0.3, 0.4) is 0 Å². The van der Waals surface area contributed by atoms with Gasteiger partial charge in [0.05, 0.1) is 11.5 Å². The molecule has 0 aromatic carbocycles. The molecule has 0 heterocycles. The van der Waals surface area contributed by atoms with Gasteiger partial charge in [-0.05, 0) is 46.8 Å². The van der Waals surface area contributed by atoms with Crippen molar-refractivity contribution in [2.24, 2.45) is 52.3 Å². The smallest absolute Gasteiger partial charge is 0.0699 e. The van der Waals surface area contributed by atoms with Crippen molar-refractivity contribution in [1.29, 1.82) is 5.26 Å².